The maximum Gasteiger partial charge on any atom is 0.185 e. The summed E-state index contributed by atoms with van der Waals surface area (Å²) in [5.74, 6) is 1.47. The standard InChI is InChI=1S/C24H29FN8O/c1-23-8-9-24(2,31-23)20(25)17(11-23)33(15-5-6-15)19-12-26-22(29-28-19)16-7-4-14(10-18(16)34)21-27-13-32(3)30-21/h4,7,10,12-13,15,17,20,31,34H,5-6,8-9,11H2,1-3H3/t17-,20-,23-,24+/m0/s1. The topological polar surface area (TPSA) is 105 Å². The summed E-state index contributed by atoms with van der Waals surface area (Å²) in [6, 6.07) is 5.16. The number of hydrogen-bond donors (Lipinski definition) is 2. The lowest BCUT2D eigenvalue weighted by atomic mass is 9.82. The van der Waals surface area contributed by atoms with Gasteiger partial charge in [0.1, 0.15) is 18.2 Å². The SMILES string of the molecule is Cn1cnc(-c2ccc(-c3ncc(N(C4CC4)[C@H]4C[C@]5(C)CC[C@@](C)(N5)[C@H]4F)nn3)c(O)c2)n1. The van der Waals surface area contributed by atoms with Crippen molar-refractivity contribution in [3.8, 4) is 28.5 Å². The number of phenolic OH excluding ortho intramolecular Hbond substituents is 1. The Labute approximate surface area is 197 Å². The molecule has 2 N–H and O–H groups in total. The molecule has 10 heteroatoms. The molecule has 178 valence electrons. The molecule has 0 amide bonds. The minimum atomic E-state index is -0.998. The van der Waals surface area contributed by atoms with Gasteiger partial charge in [0.2, 0.25) is 0 Å². The highest BCUT2D eigenvalue weighted by Crippen LogP contribution is 2.47. The first-order chi connectivity index (χ1) is 16.2. The van der Waals surface area contributed by atoms with E-state index in [2.05, 4.69) is 42.4 Å². The fourth-order valence-corrected chi connectivity index (χ4v) is 5.76. The zero-order valence-corrected chi connectivity index (χ0v) is 19.6. The lowest BCUT2D eigenvalue weighted by Crippen LogP contribution is -2.66. The molecule has 2 aliphatic heterocycles. The van der Waals surface area contributed by atoms with Gasteiger partial charge in [-0.25, -0.2) is 14.4 Å². The Bertz CT molecular complexity index is 1230. The molecule has 0 spiro atoms. The third-order valence-corrected chi connectivity index (χ3v) is 7.60. The number of anilines is 1. The maximum absolute atomic E-state index is 15.8. The number of piperidine rings is 1. The van der Waals surface area contributed by atoms with E-state index in [0.717, 1.165) is 32.1 Å². The van der Waals surface area contributed by atoms with Crippen molar-refractivity contribution in [1.29, 1.82) is 0 Å². The summed E-state index contributed by atoms with van der Waals surface area (Å²) in [6.45, 7) is 4.20. The minimum Gasteiger partial charge on any atom is -0.507 e. The molecule has 2 bridgehead atoms. The summed E-state index contributed by atoms with van der Waals surface area (Å²) < 4.78 is 17.4. The number of rotatable bonds is 5. The zero-order chi connectivity index (χ0) is 23.7. The highest BCUT2D eigenvalue weighted by Gasteiger charge is 2.58. The Kier molecular flexibility index (Phi) is 4.68. The molecule has 3 aromatic rings. The molecule has 4 atom stereocenters. The Balaban J connectivity index is 1.28. The molecular formula is C24H29FN8O. The number of fused-ring (bicyclic) bond motifs is 2. The number of alkyl halides is 1. The predicted octanol–water partition coefficient (Wildman–Crippen LogP) is 3.02. The summed E-state index contributed by atoms with van der Waals surface area (Å²) >= 11 is 0. The van der Waals surface area contributed by atoms with Crippen LogP contribution in [0.25, 0.3) is 22.8 Å². The van der Waals surface area contributed by atoms with E-state index in [-0.39, 0.29) is 23.4 Å². The summed E-state index contributed by atoms with van der Waals surface area (Å²) in [4.78, 5) is 10.8. The number of hydrogen-bond acceptors (Lipinski definition) is 8. The Hall–Kier alpha value is -3.14. The van der Waals surface area contributed by atoms with Crippen LogP contribution in [0.5, 0.6) is 5.75 Å². The van der Waals surface area contributed by atoms with Gasteiger partial charge < -0.3 is 15.3 Å². The molecular weight excluding hydrogens is 435 g/mol. The minimum absolute atomic E-state index is 0.0261. The van der Waals surface area contributed by atoms with Crippen LogP contribution in [-0.4, -0.2) is 64.4 Å². The van der Waals surface area contributed by atoms with Gasteiger partial charge in [-0.15, -0.1) is 10.2 Å². The third kappa shape index (κ3) is 3.51. The van der Waals surface area contributed by atoms with Crippen molar-refractivity contribution in [2.24, 2.45) is 7.05 Å². The van der Waals surface area contributed by atoms with Crippen molar-refractivity contribution in [2.45, 2.75) is 75.3 Å². The van der Waals surface area contributed by atoms with Crippen molar-refractivity contribution in [3.05, 3.63) is 30.7 Å². The molecule has 6 rings (SSSR count). The molecule has 0 unspecified atom stereocenters. The third-order valence-electron chi connectivity index (χ3n) is 7.60. The van der Waals surface area contributed by atoms with Crippen molar-refractivity contribution in [1.82, 2.24) is 35.3 Å². The first-order valence-electron chi connectivity index (χ1n) is 11.9. The van der Waals surface area contributed by atoms with Gasteiger partial charge in [-0.1, -0.05) is 6.07 Å². The number of nitrogens with one attached hydrogen (secondary N) is 1. The largest absolute Gasteiger partial charge is 0.507 e. The molecule has 1 aliphatic carbocycles. The summed E-state index contributed by atoms with van der Waals surface area (Å²) in [5.41, 5.74) is 0.593. The van der Waals surface area contributed by atoms with Crippen LogP contribution < -0.4 is 10.2 Å². The molecule has 2 aromatic heterocycles. The van der Waals surface area contributed by atoms with E-state index in [1.54, 1.807) is 36.4 Å². The van der Waals surface area contributed by atoms with Gasteiger partial charge in [-0.2, -0.15) is 5.10 Å². The second kappa shape index (κ2) is 7.43. The Morgan fingerprint density at radius 3 is 2.62 bits per heavy atom. The predicted molar refractivity (Wildman–Crippen MR) is 125 cm³/mol. The lowest BCUT2D eigenvalue weighted by Gasteiger charge is -2.48. The maximum atomic E-state index is 15.8. The molecule has 4 heterocycles. The normalized spacial score (nSPS) is 30.5. The number of halogens is 1. The highest BCUT2D eigenvalue weighted by atomic mass is 19.1. The summed E-state index contributed by atoms with van der Waals surface area (Å²) in [6.07, 6.45) is 6.87. The van der Waals surface area contributed by atoms with E-state index in [0.29, 0.717) is 28.6 Å². The van der Waals surface area contributed by atoms with Gasteiger partial charge in [0, 0.05) is 29.7 Å². The number of aromatic hydroxyl groups is 1. The highest BCUT2D eigenvalue weighted by molar-refractivity contribution is 5.70. The monoisotopic (exact) mass is 464 g/mol. The number of nitrogens with zero attached hydrogens (tertiary/aromatic N) is 7. The van der Waals surface area contributed by atoms with E-state index in [1.165, 1.54) is 0 Å². The Morgan fingerprint density at radius 1 is 1.15 bits per heavy atom. The van der Waals surface area contributed by atoms with Gasteiger partial charge in [-0.3, -0.25) is 4.68 Å². The van der Waals surface area contributed by atoms with Crippen LogP contribution in [0.1, 0.15) is 46.0 Å². The van der Waals surface area contributed by atoms with E-state index in [4.69, 9.17) is 0 Å². The number of aryl methyl sites for hydroxylation is 1. The first kappa shape index (κ1) is 21.4. The van der Waals surface area contributed by atoms with Crippen LogP contribution in [0, 0.1) is 0 Å². The van der Waals surface area contributed by atoms with Gasteiger partial charge in [-0.05, 0) is 58.1 Å². The summed E-state index contributed by atoms with van der Waals surface area (Å²) in [7, 11) is 1.79. The van der Waals surface area contributed by atoms with Crippen LogP contribution in [0.3, 0.4) is 0 Å². The van der Waals surface area contributed by atoms with Crippen LogP contribution in [0.4, 0.5) is 10.2 Å². The molecule has 3 aliphatic rings. The van der Waals surface area contributed by atoms with Gasteiger partial charge in [0.05, 0.1) is 17.8 Å². The smallest absolute Gasteiger partial charge is 0.185 e. The molecule has 9 nitrogen and oxygen atoms in total. The van der Waals surface area contributed by atoms with Gasteiger partial charge in [0.15, 0.2) is 17.5 Å². The van der Waals surface area contributed by atoms with Crippen molar-refractivity contribution >= 4 is 5.82 Å². The lowest BCUT2D eigenvalue weighted by molar-refractivity contribution is 0.0831. The van der Waals surface area contributed by atoms with Crippen LogP contribution in [-0.2, 0) is 7.05 Å². The molecule has 3 fully saturated rings. The molecule has 2 saturated heterocycles. The Morgan fingerprint density at radius 2 is 1.97 bits per heavy atom. The summed E-state index contributed by atoms with van der Waals surface area (Å²) in [5, 5.41) is 27.2. The fourth-order valence-electron chi connectivity index (χ4n) is 5.76. The zero-order valence-electron chi connectivity index (χ0n) is 19.6. The number of phenols is 1. The van der Waals surface area contributed by atoms with Crippen molar-refractivity contribution < 1.29 is 9.50 Å². The van der Waals surface area contributed by atoms with Gasteiger partial charge >= 0.3 is 0 Å². The molecule has 0 radical (unpaired) electrons. The second-order valence-corrected chi connectivity index (χ2v) is 10.5. The van der Waals surface area contributed by atoms with E-state index in [1.807, 2.05) is 13.0 Å². The quantitative estimate of drug-likeness (QED) is 0.594. The van der Waals surface area contributed by atoms with Crippen molar-refractivity contribution in [2.75, 3.05) is 4.90 Å². The van der Waals surface area contributed by atoms with Crippen molar-refractivity contribution in [3.63, 3.8) is 0 Å². The number of aromatic nitrogens is 6. The molecule has 34 heavy (non-hydrogen) atoms. The average molecular weight is 465 g/mol. The van der Waals surface area contributed by atoms with E-state index >= 15 is 4.39 Å². The van der Waals surface area contributed by atoms with Crippen LogP contribution in [0.2, 0.25) is 0 Å². The molecule has 1 saturated carbocycles. The average Bonchev–Trinajstić information content (AvgIpc) is 3.48. The molecule has 1 aromatic carbocycles. The fraction of sp³-hybridized carbons (Fsp3) is 0.542. The number of benzene rings is 1. The van der Waals surface area contributed by atoms with Crippen LogP contribution in [0.15, 0.2) is 30.7 Å². The second-order valence-electron chi connectivity index (χ2n) is 10.5. The first-order valence-corrected chi connectivity index (χ1v) is 11.9. The van der Waals surface area contributed by atoms with Crippen LogP contribution >= 0.6 is 0 Å². The van der Waals surface area contributed by atoms with E-state index < -0.39 is 11.7 Å². The van der Waals surface area contributed by atoms with Gasteiger partial charge in [0.25, 0.3) is 0 Å². The van der Waals surface area contributed by atoms with E-state index in [9.17, 15) is 5.11 Å².